The molecular weight excluding hydrogens is 348 g/mol. The Morgan fingerprint density at radius 1 is 0.607 bits per heavy atom. The summed E-state index contributed by atoms with van der Waals surface area (Å²) in [4.78, 5) is 0. The van der Waals surface area contributed by atoms with Crippen LogP contribution >= 0.6 is 0 Å². The smallest absolute Gasteiger partial charge is 0.0543 e. The van der Waals surface area contributed by atoms with Gasteiger partial charge in [-0.15, -0.1) is 0 Å². The third-order valence-corrected chi connectivity index (χ3v) is 9.10. The van der Waals surface area contributed by atoms with Gasteiger partial charge in [0.25, 0.3) is 0 Å². The molecule has 28 heavy (non-hydrogen) atoms. The van der Waals surface area contributed by atoms with Gasteiger partial charge in [0.05, 0.1) is 18.3 Å². The van der Waals surface area contributed by atoms with Gasteiger partial charge < -0.3 is 15.3 Å². The van der Waals surface area contributed by atoms with Crippen LogP contribution in [-0.2, 0) is 0 Å². The Morgan fingerprint density at radius 2 is 0.964 bits per heavy atom. The fourth-order valence-corrected chi connectivity index (χ4v) is 7.56. The summed E-state index contributed by atoms with van der Waals surface area (Å²) < 4.78 is 0. The number of aliphatic hydroxyl groups is 3. The van der Waals surface area contributed by atoms with Gasteiger partial charge in [0.1, 0.15) is 0 Å². The van der Waals surface area contributed by atoms with Crippen LogP contribution < -0.4 is 0 Å². The summed E-state index contributed by atoms with van der Waals surface area (Å²) in [5.41, 5.74) is 0. The first-order valence-corrected chi connectivity index (χ1v) is 12.3. The van der Waals surface area contributed by atoms with Crippen molar-refractivity contribution in [2.24, 2.45) is 47.3 Å². The first-order chi connectivity index (χ1) is 13.3. The number of rotatable bonds is 5. The number of hydrogen-bond donors (Lipinski definition) is 3. The van der Waals surface area contributed by atoms with E-state index in [1.54, 1.807) is 0 Å². The number of hydrogen-bond acceptors (Lipinski definition) is 3. The first-order valence-electron chi connectivity index (χ1n) is 12.3. The molecule has 3 nitrogen and oxygen atoms in total. The zero-order valence-electron chi connectivity index (χ0n) is 18.8. The normalized spacial score (nSPS) is 47.5. The zero-order valence-corrected chi connectivity index (χ0v) is 18.8. The lowest BCUT2D eigenvalue weighted by Gasteiger charge is -2.47. The second-order valence-corrected chi connectivity index (χ2v) is 11.2. The van der Waals surface area contributed by atoms with Gasteiger partial charge >= 0.3 is 0 Å². The van der Waals surface area contributed by atoms with Crippen LogP contribution in [0.5, 0.6) is 0 Å². The molecule has 3 aliphatic rings. The first kappa shape index (κ1) is 22.6. The third kappa shape index (κ3) is 5.32. The summed E-state index contributed by atoms with van der Waals surface area (Å²) in [7, 11) is 0. The molecule has 164 valence electrons. The molecule has 3 saturated carbocycles. The van der Waals surface area contributed by atoms with Crippen LogP contribution in [0.2, 0.25) is 0 Å². The molecule has 10 unspecified atom stereocenters. The molecule has 3 rings (SSSR count). The maximum Gasteiger partial charge on any atom is 0.0543 e. The van der Waals surface area contributed by atoms with E-state index in [0.717, 1.165) is 62.2 Å². The van der Waals surface area contributed by atoms with Gasteiger partial charge in [0.15, 0.2) is 0 Å². The van der Waals surface area contributed by atoms with E-state index in [1.807, 2.05) is 0 Å². The molecule has 0 bridgehead atoms. The van der Waals surface area contributed by atoms with Gasteiger partial charge in [-0.05, 0) is 112 Å². The molecule has 3 fully saturated rings. The Labute approximate surface area is 173 Å². The lowest BCUT2D eigenvalue weighted by atomic mass is 9.59. The number of aliphatic hydroxyl groups excluding tert-OH is 3. The largest absolute Gasteiger partial charge is 0.393 e. The molecule has 0 amide bonds. The van der Waals surface area contributed by atoms with Crippen LogP contribution in [0.15, 0.2) is 0 Å². The predicted octanol–water partition coefficient (Wildman–Crippen LogP) is 5.02. The summed E-state index contributed by atoms with van der Waals surface area (Å²) in [5, 5.41) is 30.4. The second-order valence-electron chi connectivity index (χ2n) is 11.2. The molecule has 0 spiro atoms. The minimum Gasteiger partial charge on any atom is -0.393 e. The summed E-state index contributed by atoms with van der Waals surface area (Å²) in [6.07, 6.45) is 10.3. The van der Waals surface area contributed by atoms with Crippen LogP contribution in [0, 0.1) is 47.3 Å². The minimum absolute atomic E-state index is 0.0889. The van der Waals surface area contributed by atoms with E-state index in [2.05, 4.69) is 27.7 Å². The van der Waals surface area contributed by atoms with Crippen molar-refractivity contribution in [2.75, 3.05) is 0 Å². The van der Waals surface area contributed by atoms with Crippen molar-refractivity contribution < 1.29 is 15.3 Å². The minimum atomic E-state index is -0.102. The zero-order chi connectivity index (χ0) is 20.4. The van der Waals surface area contributed by atoms with E-state index in [1.165, 1.54) is 25.7 Å². The highest BCUT2D eigenvalue weighted by Gasteiger charge is 2.42. The van der Waals surface area contributed by atoms with E-state index in [-0.39, 0.29) is 18.3 Å². The Kier molecular flexibility index (Phi) is 7.89. The van der Waals surface area contributed by atoms with E-state index in [4.69, 9.17) is 0 Å². The van der Waals surface area contributed by atoms with Crippen molar-refractivity contribution in [1.82, 2.24) is 0 Å². The highest BCUT2D eigenvalue weighted by atomic mass is 16.3. The van der Waals surface area contributed by atoms with Crippen LogP contribution in [0.1, 0.15) is 91.9 Å². The Bertz CT molecular complexity index is 454. The third-order valence-electron chi connectivity index (χ3n) is 9.10. The summed E-state index contributed by atoms with van der Waals surface area (Å²) >= 11 is 0. The lowest BCUT2D eigenvalue weighted by Crippen LogP contribution is -2.41. The Hall–Kier alpha value is -0.120. The van der Waals surface area contributed by atoms with Crippen LogP contribution in [0.25, 0.3) is 0 Å². The maximum absolute atomic E-state index is 10.2. The molecule has 0 aromatic heterocycles. The molecule has 0 aliphatic heterocycles. The molecule has 10 atom stereocenters. The summed E-state index contributed by atoms with van der Waals surface area (Å²) in [5.74, 6) is 5.42. The van der Waals surface area contributed by atoms with Crippen LogP contribution in [0.4, 0.5) is 0 Å². The highest BCUT2D eigenvalue weighted by molar-refractivity contribution is 4.92. The van der Waals surface area contributed by atoms with Crippen LogP contribution in [0.3, 0.4) is 0 Å². The van der Waals surface area contributed by atoms with Crippen molar-refractivity contribution in [3.8, 4) is 0 Å². The van der Waals surface area contributed by atoms with Crippen LogP contribution in [-0.4, -0.2) is 33.6 Å². The predicted molar refractivity (Wildman–Crippen MR) is 115 cm³/mol. The van der Waals surface area contributed by atoms with Crippen molar-refractivity contribution in [3.05, 3.63) is 0 Å². The van der Waals surface area contributed by atoms with Crippen molar-refractivity contribution in [3.63, 3.8) is 0 Å². The van der Waals surface area contributed by atoms with Gasteiger partial charge in [-0.2, -0.15) is 0 Å². The summed E-state index contributed by atoms with van der Waals surface area (Å²) in [6, 6.07) is 0. The van der Waals surface area contributed by atoms with E-state index in [0.29, 0.717) is 23.7 Å². The van der Waals surface area contributed by atoms with Crippen molar-refractivity contribution >= 4 is 0 Å². The van der Waals surface area contributed by atoms with E-state index < -0.39 is 0 Å². The molecule has 0 aromatic rings. The topological polar surface area (TPSA) is 60.7 Å². The molecule has 0 radical (unpaired) electrons. The fourth-order valence-electron chi connectivity index (χ4n) is 7.56. The molecular formula is C25H46O3. The maximum atomic E-state index is 10.2. The van der Waals surface area contributed by atoms with Gasteiger partial charge in [0.2, 0.25) is 0 Å². The van der Waals surface area contributed by atoms with Gasteiger partial charge in [-0.1, -0.05) is 27.7 Å². The lowest BCUT2D eigenvalue weighted by molar-refractivity contribution is -0.0189. The van der Waals surface area contributed by atoms with E-state index >= 15 is 0 Å². The molecule has 0 aromatic carbocycles. The van der Waals surface area contributed by atoms with Gasteiger partial charge in [-0.3, -0.25) is 0 Å². The monoisotopic (exact) mass is 394 g/mol. The quantitative estimate of drug-likeness (QED) is 0.613. The molecule has 3 heteroatoms. The average molecular weight is 395 g/mol. The molecule has 3 aliphatic carbocycles. The van der Waals surface area contributed by atoms with Gasteiger partial charge in [-0.25, -0.2) is 0 Å². The van der Waals surface area contributed by atoms with E-state index in [9.17, 15) is 15.3 Å². The summed E-state index contributed by atoms with van der Waals surface area (Å²) in [6.45, 7) is 9.55. The molecule has 0 saturated heterocycles. The fraction of sp³-hybridized carbons (Fsp3) is 1.00. The SMILES string of the molecule is CC1CC(O)CCC1C(C)CC(C1CCC(O)CC1C)C1CCC(O)CC1C. The van der Waals surface area contributed by atoms with Gasteiger partial charge in [0, 0.05) is 0 Å². The molecule has 3 N–H and O–H groups in total. The second kappa shape index (κ2) is 9.79. The van der Waals surface area contributed by atoms with Crippen molar-refractivity contribution in [2.45, 2.75) is 110 Å². The standard InChI is InChI=1S/C25H46O3/c1-15-11-19(26)5-8-22(15)18(4)14-25(23-9-6-20(27)12-16(23)2)24-10-7-21(28)13-17(24)3/h15-28H,5-14H2,1-4H3. The Morgan fingerprint density at radius 3 is 1.32 bits per heavy atom. The average Bonchev–Trinajstić information content (AvgIpc) is 2.60. The molecule has 0 heterocycles. The Balaban J connectivity index is 1.74. The van der Waals surface area contributed by atoms with Crippen molar-refractivity contribution in [1.29, 1.82) is 0 Å². The highest BCUT2D eigenvalue weighted by Crippen LogP contribution is 2.49.